The largest absolute Gasteiger partial charge is 0.383 e. The van der Waals surface area contributed by atoms with E-state index in [1.165, 1.54) is 0 Å². The van der Waals surface area contributed by atoms with Gasteiger partial charge in [-0.05, 0) is 19.3 Å². The van der Waals surface area contributed by atoms with Gasteiger partial charge in [-0.25, -0.2) is 0 Å². The molecular weight excluding hydrogens is 192 g/mol. The second-order valence-corrected chi connectivity index (χ2v) is 3.85. The number of hydrogen-bond donors (Lipinski definition) is 0. The summed E-state index contributed by atoms with van der Waals surface area (Å²) in [7, 11) is 1.62. The minimum atomic E-state index is -0.484. The average Bonchev–Trinajstić information content (AvgIpc) is 3.04. The van der Waals surface area contributed by atoms with Crippen molar-refractivity contribution < 1.29 is 9.53 Å². The standard InChI is InChI=1S/C11H18N2O2/c1-3-9(8-12)11(14)13(6-7-15-2)10-4-5-10/h9-10H,3-7H2,1-2H3. The lowest BCUT2D eigenvalue weighted by Crippen LogP contribution is -2.39. The lowest BCUT2D eigenvalue weighted by Gasteiger charge is -2.23. The van der Waals surface area contributed by atoms with Gasteiger partial charge in [0.2, 0.25) is 5.91 Å². The van der Waals surface area contributed by atoms with Crippen molar-refractivity contribution in [1.82, 2.24) is 4.90 Å². The molecule has 0 aliphatic heterocycles. The maximum absolute atomic E-state index is 11.9. The third-order valence-electron chi connectivity index (χ3n) is 2.67. The van der Waals surface area contributed by atoms with Crippen molar-refractivity contribution in [2.24, 2.45) is 5.92 Å². The highest BCUT2D eigenvalue weighted by atomic mass is 16.5. The van der Waals surface area contributed by atoms with E-state index in [4.69, 9.17) is 10.00 Å². The summed E-state index contributed by atoms with van der Waals surface area (Å²) in [6.07, 6.45) is 2.72. The minimum absolute atomic E-state index is 0.0282. The van der Waals surface area contributed by atoms with Gasteiger partial charge >= 0.3 is 0 Å². The molecule has 84 valence electrons. The summed E-state index contributed by atoms with van der Waals surface area (Å²) >= 11 is 0. The molecule has 1 saturated carbocycles. The van der Waals surface area contributed by atoms with Crippen molar-refractivity contribution in [3.8, 4) is 6.07 Å². The van der Waals surface area contributed by atoms with Crippen molar-refractivity contribution in [1.29, 1.82) is 5.26 Å². The highest BCUT2D eigenvalue weighted by Crippen LogP contribution is 2.28. The van der Waals surface area contributed by atoms with Crippen molar-refractivity contribution in [2.45, 2.75) is 32.2 Å². The number of nitrogens with zero attached hydrogens (tertiary/aromatic N) is 2. The molecule has 4 nitrogen and oxygen atoms in total. The summed E-state index contributed by atoms with van der Waals surface area (Å²) in [5.74, 6) is -0.512. The van der Waals surface area contributed by atoms with Crippen molar-refractivity contribution in [3.05, 3.63) is 0 Å². The van der Waals surface area contributed by atoms with Crippen LogP contribution in [0.1, 0.15) is 26.2 Å². The molecular formula is C11H18N2O2. The van der Waals surface area contributed by atoms with E-state index in [0.29, 0.717) is 25.6 Å². The zero-order valence-electron chi connectivity index (χ0n) is 9.40. The van der Waals surface area contributed by atoms with Crippen molar-refractivity contribution in [2.75, 3.05) is 20.3 Å². The number of carbonyl (C=O) groups is 1. The maximum Gasteiger partial charge on any atom is 0.240 e. The Morgan fingerprint density at radius 2 is 2.33 bits per heavy atom. The van der Waals surface area contributed by atoms with Crippen LogP contribution < -0.4 is 0 Å². The fourth-order valence-electron chi connectivity index (χ4n) is 1.57. The highest BCUT2D eigenvalue weighted by molar-refractivity contribution is 5.81. The zero-order chi connectivity index (χ0) is 11.3. The number of hydrogen-bond acceptors (Lipinski definition) is 3. The molecule has 1 amide bonds. The van der Waals surface area contributed by atoms with E-state index in [1.54, 1.807) is 12.0 Å². The third-order valence-corrected chi connectivity index (χ3v) is 2.67. The van der Waals surface area contributed by atoms with Gasteiger partial charge in [0.25, 0.3) is 0 Å². The minimum Gasteiger partial charge on any atom is -0.383 e. The second kappa shape index (κ2) is 5.72. The topological polar surface area (TPSA) is 53.3 Å². The molecule has 1 unspecified atom stereocenters. The Bertz CT molecular complexity index is 256. The van der Waals surface area contributed by atoms with Crippen LogP contribution >= 0.6 is 0 Å². The Morgan fingerprint density at radius 3 is 2.73 bits per heavy atom. The van der Waals surface area contributed by atoms with Crippen molar-refractivity contribution in [3.63, 3.8) is 0 Å². The Morgan fingerprint density at radius 1 is 1.67 bits per heavy atom. The monoisotopic (exact) mass is 210 g/mol. The van der Waals surface area contributed by atoms with Crippen LogP contribution in [0.3, 0.4) is 0 Å². The van der Waals surface area contributed by atoms with Gasteiger partial charge in [-0.2, -0.15) is 5.26 Å². The molecule has 0 saturated heterocycles. The second-order valence-electron chi connectivity index (χ2n) is 3.85. The normalized spacial score (nSPS) is 16.9. The van der Waals surface area contributed by atoms with Crippen LogP contribution in [0.25, 0.3) is 0 Å². The molecule has 0 N–H and O–H groups in total. The molecule has 1 aliphatic carbocycles. The molecule has 1 atom stereocenters. The molecule has 0 aromatic carbocycles. The number of rotatable bonds is 6. The molecule has 0 bridgehead atoms. The van der Waals surface area contributed by atoms with E-state index in [1.807, 2.05) is 6.92 Å². The van der Waals surface area contributed by atoms with Gasteiger partial charge in [0.05, 0.1) is 12.7 Å². The molecule has 1 fully saturated rings. The number of ether oxygens (including phenoxy) is 1. The zero-order valence-corrected chi connectivity index (χ0v) is 9.40. The fraction of sp³-hybridized carbons (Fsp3) is 0.818. The molecule has 0 heterocycles. The summed E-state index contributed by atoms with van der Waals surface area (Å²) in [6, 6.07) is 2.42. The summed E-state index contributed by atoms with van der Waals surface area (Å²) < 4.78 is 4.97. The Hall–Kier alpha value is -1.08. The van der Waals surface area contributed by atoms with Crippen LogP contribution in [0.15, 0.2) is 0 Å². The van der Waals surface area contributed by atoms with E-state index in [2.05, 4.69) is 6.07 Å². The van der Waals surface area contributed by atoms with Gasteiger partial charge < -0.3 is 9.64 Å². The first kappa shape index (κ1) is 12.0. The van der Waals surface area contributed by atoms with E-state index in [0.717, 1.165) is 12.8 Å². The van der Waals surface area contributed by atoms with Crippen molar-refractivity contribution >= 4 is 5.91 Å². The first-order valence-corrected chi connectivity index (χ1v) is 5.43. The van der Waals surface area contributed by atoms with E-state index >= 15 is 0 Å². The van der Waals surface area contributed by atoms with Crippen LogP contribution in [0.5, 0.6) is 0 Å². The van der Waals surface area contributed by atoms with E-state index < -0.39 is 5.92 Å². The molecule has 1 aliphatic rings. The van der Waals surface area contributed by atoms with Crippen LogP contribution in [-0.4, -0.2) is 37.1 Å². The quantitative estimate of drug-likeness (QED) is 0.661. The number of amides is 1. The Labute approximate surface area is 90.8 Å². The SMILES string of the molecule is CCC(C#N)C(=O)N(CCOC)C1CC1. The summed E-state index contributed by atoms with van der Waals surface area (Å²) in [4.78, 5) is 13.7. The molecule has 0 aromatic heterocycles. The third kappa shape index (κ3) is 3.21. The van der Waals surface area contributed by atoms with Crippen LogP contribution in [0, 0.1) is 17.2 Å². The smallest absolute Gasteiger partial charge is 0.240 e. The maximum atomic E-state index is 11.9. The van der Waals surface area contributed by atoms with Gasteiger partial charge in [0, 0.05) is 19.7 Å². The molecule has 0 radical (unpaired) electrons. The number of carbonyl (C=O) groups excluding carboxylic acids is 1. The van der Waals surface area contributed by atoms with Crippen LogP contribution in [0.4, 0.5) is 0 Å². The Balaban J connectivity index is 2.54. The van der Waals surface area contributed by atoms with Gasteiger partial charge in [-0.3, -0.25) is 4.79 Å². The Kier molecular flexibility index (Phi) is 4.57. The lowest BCUT2D eigenvalue weighted by molar-refractivity contribution is -0.135. The number of methoxy groups -OCH3 is 1. The van der Waals surface area contributed by atoms with E-state index in [9.17, 15) is 4.79 Å². The van der Waals surface area contributed by atoms with E-state index in [-0.39, 0.29) is 5.91 Å². The first-order valence-electron chi connectivity index (χ1n) is 5.43. The van der Waals surface area contributed by atoms with Gasteiger partial charge in [0.15, 0.2) is 0 Å². The molecule has 4 heteroatoms. The first-order chi connectivity index (χ1) is 7.24. The van der Waals surface area contributed by atoms with Gasteiger partial charge in [-0.1, -0.05) is 6.92 Å². The molecule has 0 spiro atoms. The fourth-order valence-corrected chi connectivity index (χ4v) is 1.57. The van der Waals surface area contributed by atoms with Gasteiger partial charge in [0.1, 0.15) is 5.92 Å². The van der Waals surface area contributed by atoms with Crippen LogP contribution in [-0.2, 0) is 9.53 Å². The lowest BCUT2D eigenvalue weighted by atomic mass is 10.1. The average molecular weight is 210 g/mol. The summed E-state index contributed by atoms with van der Waals surface area (Å²) in [5, 5.41) is 8.84. The summed E-state index contributed by atoms with van der Waals surface area (Å²) in [5.41, 5.74) is 0. The molecule has 1 rings (SSSR count). The molecule has 0 aromatic rings. The van der Waals surface area contributed by atoms with Gasteiger partial charge in [-0.15, -0.1) is 0 Å². The highest BCUT2D eigenvalue weighted by Gasteiger charge is 2.34. The van der Waals surface area contributed by atoms with Crippen LogP contribution in [0.2, 0.25) is 0 Å². The predicted molar refractivity (Wildman–Crippen MR) is 56.0 cm³/mol. The summed E-state index contributed by atoms with van der Waals surface area (Å²) in [6.45, 7) is 3.02. The number of nitriles is 1. The molecule has 15 heavy (non-hydrogen) atoms. The predicted octanol–water partition coefficient (Wildman–Crippen LogP) is 1.17.